The third-order valence-electron chi connectivity index (χ3n) is 1.75. The highest BCUT2D eigenvalue weighted by Crippen LogP contribution is 2.21. The molecule has 0 bridgehead atoms. The molecular weight excluding hydrogens is 193 g/mol. The van der Waals surface area contributed by atoms with Crippen LogP contribution in [0.15, 0.2) is 6.07 Å². The van der Waals surface area contributed by atoms with E-state index in [1.54, 1.807) is 6.07 Å². The predicted octanol–water partition coefficient (Wildman–Crippen LogP) is 2.53. The number of alkyl halides is 2. The smallest absolute Gasteiger partial charge is 0.247 e. The molecule has 0 aliphatic carbocycles. The molecule has 1 aromatic heterocycles. The minimum Gasteiger partial charge on any atom is -0.247 e. The first-order chi connectivity index (χ1) is 6.56. The quantitative estimate of drug-likeness (QED) is 0.735. The van der Waals surface area contributed by atoms with Gasteiger partial charge in [-0.15, -0.1) is 0 Å². The van der Waals surface area contributed by atoms with Gasteiger partial charge in [-0.25, -0.2) is 18.2 Å². The molecule has 74 valence electrons. The SMILES string of the molecule is Cc1cc(F)c(C(F)F)nc1CC#N. The Morgan fingerprint density at radius 3 is 2.71 bits per heavy atom. The van der Waals surface area contributed by atoms with Gasteiger partial charge in [0.1, 0.15) is 5.69 Å². The third kappa shape index (κ3) is 2.02. The first-order valence-electron chi connectivity index (χ1n) is 3.87. The minimum atomic E-state index is -2.95. The summed E-state index contributed by atoms with van der Waals surface area (Å²) >= 11 is 0. The average Bonchev–Trinajstić information content (AvgIpc) is 2.09. The number of hydrogen-bond acceptors (Lipinski definition) is 2. The fraction of sp³-hybridized carbons (Fsp3) is 0.333. The number of pyridine rings is 1. The topological polar surface area (TPSA) is 36.7 Å². The van der Waals surface area contributed by atoms with E-state index in [1.807, 2.05) is 0 Å². The Bertz CT molecular complexity index is 382. The molecule has 0 fully saturated rings. The molecular formula is C9H7F3N2. The van der Waals surface area contributed by atoms with Crippen LogP contribution in [-0.4, -0.2) is 4.98 Å². The molecule has 14 heavy (non-hydrogen) atoms. The largest absolute Gasteiger partial charge is 0.283 e. The van der Waals surface area contributed by atoms with Gasteiger partial charge in [0.15, 0.2) is 5.82 Å². The van der Waals surface area contributed by atoms with Crippen LogP contribution in [-0.2, 0) is 6.42 Å². The summed E-state index contributed by atoms with van der Waals surface area (Å²) in [6.07, 6.45) is -3.04. The number of halogens is 3. The molecule has 5 heteroatoms. The van der Waals surface area contributed by atoms with E-state index in [2.05, 4.69) is 4.98 Å². The van der Waals surface area contributed by atoms with Crippen LogP contribution in [0.5, 0.6) is 0 Å². The number of aryl methyl sites for hydroxylation is 1. The van der Waals surface area contributed by atoms with Gasteiger partial charge in [-0.2, -0.15) is 5.26 Å². The summed E-state index contributed by atoms with van der Waals surface area (Å²) in [6, 6.07) is 2.75. The summed E-state index contributed by atoms with van der Waals surface area (Å²) in [5.74, 6) is -1.03. The molecule has 0 aliphatic rings. The molecule has 0 atom stereocenters. The number of hydrogen-bond donors (Lipinski definition) is 0. The lowest BCUT2D eigenvalue weighted by molar-refractivity contribution is 0.140. The fourth-order valence-corrected chi connectivity index (χ4v) is 1.04. The molecule has 0 spiro atoms. The van der Waals surface area contributed by atoms with Crippen LogP contribution in [0.3, 0.4) is 0 Å². The van der Waals surface area contributed by atoms with Crippen molar-refractivity contribution >= 4 is 0 Å². The van der Waals surface area contributed by atoms with Crippen molar-refractivity contribution in [3.8, 4) is 6.07 Å². The third-order valence-corrected chi connectivity index (χ3v) is 1.75. The molecule has 0 radical (unpaired) electrons. The Hall–Kier alpha value is -1.57. The predicted molar refractivity (Wildman–Crippen MR) is 43.2 cm³/mol. The Labute approximate surface area is 79.0 Å². The van der Waals surface area contributed by atoms with Crippen molar-refractivity contribution in [2.24, 2.45) is 0 Å². The molecule has 0 saturated carbocycles. The molecule has 1 rings (SSSR count). The highest BCUT2D eigenvalue weighted by molar-refractivity contribution is 5.25. The summed E-state index contributed by atoms with van der Waals surface area (Å²) in [5, 5.41) is 8.37. The van der Waals surface area contributed by atoms with E-state index in [-0.39, 0.29) is 12.1 Å². The molecule has 2 nitrogen and oxygen atoms in total. The van der Waals surface area contributed by atoms with Crippen LogP contribution >= 0.6 is 0 Å². The van der Waals surface area contributed by atoms with Crippen LogP contribution in [0.4, 0.5) is 13.2 Å². The van der Waals surface area contributed by atoms with Crippen molar-refractivity contribution in [2.75, 3.05) is 0 Å². The first-order valence-corrected chi connectivity index (χ1v) is 3.87. The van der Waals surface area contributed by atoms with E-state index in [1.165, 1.54) is 6.92 Å². The van der Waals surface area contributed by atoms with E-state index in [0.29, 0.717) is 5.56 Å². The number of rotatable bonds is 2. The van der Waals surface area contributed by atoms with E-state index in [9.17, 15) is 13.2 Å². The second-order valence-electron chi connectivity index (χ2n) is 2.75. The van der Waals surface area contributed by atoms with Gasteiger partial charge in [-0.05, 0) is 18.6 Å². The maximum Gasteiger partial charge on any atom is 0.283 e. The Morgan fingerprint density at radius 1 is 1.57 bits per heavy atom. The molecule has 0 amide bonds. The highest BCUT2D eigenvalue weighted by Gasteiger charge is 2.17. The van der Waals surface area contributed by atoms with Gasteiger partial charge in [0.05, 0.1) is 18.2 Å². The summed E-state index contributed by atoms with van der Waals surface area (Å²) in [6.45, 7) is 1.53. The van der Waals surface area contributed by atoms with Crippen molar-refractivity contribution in [2.45, 2.75) is 19.8 Å². The normalized spacial score (nSPS) is 10.3. The zero-order valence-corrected chi connectivity index (χ0v) is 7.39. The van der Waals surface area contributed by atoms with Crippen molar-refractivity contribution in [3.63, 3.8) is 0 Å². The van der Waals surface area contributed by atoms with Crippen LogP contribution in [0.25, 0.3) is 0 Å². The maximum absolute atomic E-state index is 12.9. The number of nitrogens with zero attached hydrogens (tertiary/aromatic N) is 2. The van der Waals surface area contributed by atoms with Crippen LogP contribution in [0.2, 0.25) is 0 Å². The van der Waals surface area contributed by atoms with E-state index in [4.69, 9.17) is 5.26 Å². The van der Waals surface area contributed by atoms with Gasteiger partial charge in [0.2, 0.25) is 0 Å². The lowest BCUT2D eigenvalue weighted by Gasteiger charge is -2.05. The average molecular weight is 200 g/mol. The van der Waals surface area contributed by atoms with Crippen molar-refractivity contribution < 1.29 is 13.2 Å². The fourth-order valence-electron chi connectivity index (χ4n) is 1.04. The van der Waals surface area contributed by atoms with Gasteiger partial charge in [-0.3, -0.25) is 0 Å². The molecule has 1 heterocycles. The van der Waals surface area contributed by atoms with Gasteiger partial charge >= 0.3 is 0 Å². The summed E-state index contributed by atoms with van der Waals surface area (Å²) in [5.41, 5.74) is -0.279. The van der Waals surface area contributed by atoms with Gasteiger partial charge in [-0.1, -0.05) is 0 Å². The zero-order chi connectivity index (χ0) is 10.7. The molecule has 0 N–H and O–H groups in total. The van der Waals surface area contributed by atoms with Gasteiger partial charge in [0, 0.05) is 0 Å². The zero-order valence-electron chi connectivity index (χ0n) is 7.39. The molecule has 0 aromatic carbocycles. The monoisotopic (exact) mass is 200 g/mol. The highest BCUT2D eigenvalue weighted by atomic mass is 19.3. The minimum absolute atomic E-state index is 0.0914. The van der Waals surface area contributed by atoms with Gasteiger partial charge < -0.3 is 0 Å². The lowest BCUT2D eigenvalue weighted by atomic mass is 10.1. The van der Waals surface area contributed by atoms with Crippen molar-refractivity contribution in [3.05, 3.63) is 28.8 Å². The summed E-state index contributed by atoms with van der Waals surface area (Å²) in [7, 11) is 0. The van der Waals surface area contributed by atoms with E-state index >= 15 is 0 Å². The van der Waals surface area contributed by atoms with Crippen molar-refractivity contribution in [1.82, 2.24) is 4.98 Å². The molecule has 1 aromatic rings. The standard InChI is InChI=1S/C9H7F3N2/c1-5-4-6(10)8(9(11)12)14-7(5)2-3-13/h4,9H,2H2,1H3. The second kappa shape index (κ2) is 4.09. The van der Waals surface area contributed by atoms with Crippen LogP contribution in [0.1, 0.15) is 23.4 Å². The Kier molecular flexibility index (Phi) is 3.07. The second-order valence-corrected chi connectivity index (χ2v) is 2.75. The molecule has 0 saturated heterocycles. The summed E-state index contributed by atoms with van der Waals surface area (Å²) in [4.78, 5) is 3.41. The first kappa shape index (κ1) is 10.5. The van der Waals surface area contributed by atoms with E-state index in [0.717, 1.165) is 6.07 Å². The molecule has 0 aliphatic heterocycles. The van der Waals surface area contributed by atoms with Gasteiger partial charge in [0.25, 0.3) is 6.43 Å². The Morgan fingerprint density at radius 2 is 2.21 bits per heavy atom. The molecule has 0 unspecified atom stereocenters. The van der Waals surface area contributed by atoms with Crippen LogP contribution < -0.4 is 0 Å². The lowest BCUT2D eigenvalue weighted by Crippen LogP contribution is -2.02. The van der Waals surface area contributed by atoms with Crippen LogP contribution in [0, 0.1) is 24.1 Å². The number of aromatic nitrogens is 1. The van der Waals surface area contributed by atoms with E-state index < -0.39 is 17.9 Å². The summed E-state index contributed by atoms with van der Waals surface area (Å²) < 4.78 is 37.3. The maximum atomic E-state index is 12.9. The van der Waals surface area contributed by atoms with Crippen molar-refractivity contribution in [1.29, 1.82) is 5.26 Å². The number of nitriles is 1. The Balaban J connectivity index is 3.21.